The van der Waals surface area contributed by atoms with E-state index in [4.69, 9.17) is 0 Å². The first-order valence-corrected chi connectivity index (χ1v) is 6.83. The first-order valence-electron chi connectivity index (χ1n) is 6.83. The van der Waals surface area contributed by atoms with Gasteiger partial charge in [-0.25, -0.2) is 9.67 Å². The van der Waals surface area contributed by atoms with Crippen molar-refractivity contribution in [3.63, 3.8) is 0 Å². The van der Waals surface area contributed by atoms with E-state index in [1.165, 1.54) is 0 Å². The molecule has 0 saturated carbocycles. The van der Waals surface area contributed by atoms with Gasteiger partial charge >= 0.3 is 0 Å². The standard InChI is InChI=1S/C13H18N6O/c1-9-15-10(2)19(17-9)11-4-3-7-18(8-11)13(20)12-5-6-14-16-12/h5-6,11H,3-4,7-8H2,1-2H3,(H,14,16)/t11-/m0/s1. The predicted molar refractivity (Wildman–Crippen MR) is 72.3 cm³/mol. The summed E-state index contributed by atoms with van der Waals surface area (Å²) in [6.45, 7) is 5.29. The topological polar surface area (TPSA) is 79.7 Å². The minimum atomic E-state index is 0.00157. The van der Waals surface area contributed by atoms with Gasteiger partial charge in [0, 0.05) is 19.3 Å². The number of hydrogen-bond donors (Lipinski definition) is 1. The molecule has 0 bridgehead atoms. The largest absolute Gasteiger partial charge is 0.335 e. The molecule has 1 aliphatic heterocycles. The SMILES string of the molecule is Cc1nc(C)n([C@H]2CCCN(C(=O)c3ccn[nH]3)C2)n1. The van der Waals surface area contributed by atoms with E-state index < -0.39 is 0 Å². The minimum absolute atomic E-state index is 0.00157. The van der Waals surface area contributed by atoms with Crippen LogP contribution in [0.5, 0.6) is 0 Å². The van der Waals surface area contributed by atoms with E-state index in [2.05, 4.69) is 20.3 Å². The number of nitrogens with one attached hydrogen (secondary N) is 1. The van der Waals surface area contributed by atoms with Gasteiger partial charge in [-0.1, -0.05) is 0 Å². The molecule has 3 rings (SSSR count). The molecular weight excluding hydrogens is 256 g/mol. The second-order valence-corrected chi connectivity index (χ2v) is 5.17. The molecule has 7 nitrogen and oxygen atoms in total. The van der Waals surface area contributed by atoms with Crippen molar-refractivity contribution in [1.82, 2.24) is 29.9 Å². The van der Waals surface area contributed by atoms with E-state index >= 15 is 0 Å². The van der Waals surface area contributed by atoms with Crippen LogP contribution in [0.15, 0.2) is 12.3 Å². The van der Waals surface area contributed by atoms with E-state index in [1.807, 2.05) is 23.4 Å². The summed E-state index contributed by atoms with van der Waals surface area (Å²) in [5, 5.41) is 11.0. The fourth-order valence-electron chi connectivity index (χ4n) is 2.77. The third kappa shape index (κ3) is 2.31. The van der Waals surface area contributed by atoms with Crippen LogP contribution in [0.1, 0.15) is 41.0 Å². The fourth-order valence-corrected chi connectivity index (χ4v) is 2.77. The van der Waals surface area contributed by atoms with Gasteiger partial charge in [0.2, 0.25) is 0 Å². The number of piperidine rings is 1. The smallest absolute Gasteiger partial charge is 0.271 e. The van der Waals surface area contributed by atoms with E-state index in [9.17, 15) is 4.79 Å². The van der Waals surface area contributed by atoms with Crippen LogP contribution < -0.4 is 0 Å². The Labute approximate surface area is 117 Å². The molecular formula is C13H18N6O. The summed E-state index contributed by atoms with van der Waals surface area (Å²) in [5.74, 6) is 1.68. The molecule has 106 valence electrons. The summed E-state index contributed by atoms with van der Waals surface area (Å²) >= 11 is 0. The number of likely N-dealkylation sites (tertiary alicyclic amines) is 1. The Kier molecular flexibility index (Phi) is 3.25. The van der Waals surface area contributed by atoms with E-state index in [-0.39, 0.29) is 11.9 Å². The summed E-state index contributed by atoms with van der Waals surface area (Å²) in [5.41, 5.74) is 0.539. The van der Waals surface area contributed by atoms with Crippen LogP contribution >= 0.6 is 0 Å². The molecule has 1 fully saturated rings. The predicted octanol–water partition coefficient (Wildman–Crippen LogP) is 1.10. The summed E-state index contributed by atoms with van der Waals surface area (Å²) in [7, 11) is 0. The lowest BCUT2D eigenvalue weighted by molar-refractivity contribution is 0.0665. The maximum Gasteiger partial charge on any atom is 0.271 e. The Morgan fingerprint density at radius 3 is 2.95 bits per heavy atom. The Hall–Kier alpha value is -2.18. The van der Waals surface area contributed by atoms with Crippen molar-refractivity contribution >= 4 is 5.91 Å². The molecule has 1 saturated heterocycles. The third-order valence-electron chi connectivity index (χ3n) is 3.67. The highest BCUT2D eigenvalue weighted by molar-refractivity contribution is 5.92. The zero-order chi connectivity index (χ0) is 14.1. The molecule has 1 aliphatic rings. The summed E-state index contributed by atoms with van der Waals surface area (Å²) in [6.07, 6.45) is 3.60. The van der Waals surface area contributed by atoms with Crippen molar-refractivity contribution in [3.05, 3.63) is 29.6 Å². The number of rotatable bonds is 2. The Morgan fingerprint density at radius 1 is 1.45 bits per heavy atom. The molecule has 2 aromatic rings. The maximum atomic E-state index is 12.3. The van der Waals surface area contributed by atoms with E-state index in [0.29, 0.717) is 12.2 Å². The van der Waals surface area contributed by atoms with Crippen LogP contribution in [0.4, 0.5) is 0 Å². The van der Waals surface area contributed by atoms with Crippen molar-refractivity contribution in [2.75, 3.05) is 13.1 Å². The number of nitrogens with zero attached hydrogens (tertiary/aromatic N) is 5. The molecule has 0 spiro atoms. The average molecular weight is 274 g/mol. The highest BCUT2D eigenvalue weighted by atomic mass is 16.2. The van der Waals surface area contributed by atoms with Gasteiger partial charge in [0.15, 0.2) is 0 Å². The van der Waals surface area contributed by atoms with Gasteiger partial charge in [0.25, 0.3) is 5.91 Å². The average Bonchev–Trinajstić information content (AvgIpc) is 3.08. The quantitative estimate of drug-likeness (QED) is 0.889. The maximum absolute atomic E-state index is 12.3. The summed E-state index contributed by atoms with van der Waals surface area (Å²) in [6, 6.07) is 1.91. The highest BCUT2D eigenvalue weighted by Crippen LogP contribution is 2.23. The molecule has 0 unspecified atom stereocenters. The van der Waals surface area contributed by atoms with Gasteiger partial charge < -0.3 is 4.90 Å². The molecule has 3 heterocycles. The monoisotopic (exact) mass is 274 g/mol. The molecule has 0 radical (unpaired) electrons. The Bertz CT molecular complexity index is 602. The number of amides is 1. The Balaban J connectivity index is 1.77. The molecule has 1 N–H and O–H groups in total. The lowest BCUT2D eigenvalue weighted by Crippen LogP contribution is -2.41. The van der Waals surface area contributed by atoms with E-state index in [0.717, 1.165) is 31.0 Å². The van der Waals surface area contributed by atoms with Crippen molar-refractivity contribution in [2.24, 2.45) is 0 Å². The van der Waals surface area contributed by atoms with Gasteiger partial charge in [-0.15, -0.1) is 0 Å². The fraction of sp³-hybridized carbons (Fsp3) is 0.538. The van der Waals surface area contributed by atoms with Crippen molar-refractivity contribution in [2.45, 2.75) is 32.7 Å². The first-order chi connectivity index (χ1) is 9.65. The first kappa shape index (κ1) is 12.8. The number of aryl methyl sites for hydroxylation is 2. The lowest BCUT2D eigenvalue weighted by Gasteiger charge is -2.32. The van der Waals surface area contributed by atoms with Gasteiger partial charge in [-0.3, -0.25) is 9.89 Å². The summed E-state index contributed by atoms with van der Waals surface area (Å²) in [4.78, 5) is 18.5. The van der Waals surface area contributed by atoms with Crippen LogP contribution in [0, 0.1) is 13.8 Å². The van der Waals surface area contributed by atoms with Crippen LogP contribution in [0.2, 0.25) is 0 Å². The number of H-pyrrole nitrogens is 1. The van der Waals surface area contributed by atoms with Crippen molar-refractivity contribution in [3.8, 4) is 0 Å². The van der Waals surface area contributed by atoms with Crippen molar-refractivity contribution < 1.29 is 4.79 Å². The second-order valence-electron chi connectivity index (χ2n) is 5.17. The number of aromatic amines is 1. The van der Waals surface area contributed by atoms with Crippen LogP contribution in [0.3, 0.4) is 0 Å². The molecule has 7 heteroatoms. The van der Waals surface area contributed by atoms with Crippen molar-refractivity contribution in [1.29, 1.82) is 0 Å². The van der Waals surface area contributed by atoms with Gasteiger partial charge in [0.1, 0.15) is 17.3 Å². The lowest BCUT2D eigenvalue weighted by atomic mass is 10.1. The molecule has 2 aromatic heterocycles. The van der Waals surface area contributed by atoms with Crippen LogP contribution in [-0.4, -0.2) is 48.9 Å². The van der Waals surface area contributed by atoms with Crippen LogP contribution in [-0.2, 0) is 0 Å². The number of carbonyl (C=O) groups is 1. The van der Waals surface area contributed by atoms with Gasteiger partial charge in [-0.2, -0.15) is 10.2 Å². The zero-order valence-electron chi connectivity index (χ0n) is 11.7. The number of carbonyl (C=O) groups excluding carboxylic acids is 1. The number of hydrogen-bond acceptors (Lipinski definition) is 4. The van der Waals surface area contributed by atoms with Crippen LogP contribution in [0.25, 0.3) is 0 Å². The normalized spacial score (nSPS) is 19.3. The Morgan fingerprint density at radius 2 is 2.30 bits per heavy atom. The molecule has 20 heavy (non-hydrogen) atoms. The molecule has 0 aromatic carbocycles. The molecule has 1 atom stereocenters. The van der Waals surface area contributed by atoms with E-state index in [1.54, 1.807) is 12.3 Å². The second kappa shape index (κ2) is 5.07. The zero-order valence-corrected chi connectivity index (χ0v) is 11.7. The molecule has 0 aliphatic carbocycles. The molecule has 1 amide bonds. The third-order valence-corrected chi connectivity index (χ3v) is 3.67. The highest BCUT2D eigenvalue weighted by Gasteiger charge is 2.27. The minimum Gasteiger partial charge on any atom is -0.335 e. The number of aromatic nitrogens is 5. The van der Waals surface area contributed by atoms with Gasteiger partial charge in [0.05, 0.1) is 6.04 Å². The van der Waals surface area contributed by atoms with Gasteiger partial charge in [-0.05, 0) is 32.8 Å². The summed E-state index contributed by atoms with van der Waals surface area (Å²) < 4.78 is 1.95.